The van der Waals surface area contributed by atoms with Crippen LogP contribution < -0.4 is 11.1 Å². The molecule has 162 valence electrons. The van der Waals surface area contributed by atoms with Crippen LogP contribution in [0.25, 0.3) is 22.0 Å². The minimum absolute atomic E-state index is 0.206. The highest BCUT2D eigenvalue weighted by Crippen LogP contribution is 2.36. The number of amides is 2. The van der Waals surface area contributed by atoms with Crippen LogP contribution in [0.4, 0.5) is 5.00 Å². The van der Waals surface area contributed by atoms with Gasteiger partial charge in [-0.05, 0) is 44.0 Å². The molecule has 3 N–H and O–H groups in total. The van der Waals surface area contributed by atoms with Crippen LogP contribution in [0.3, 0.4) is 0 Å². The number of aryl methyl sites for hydroxylation is 2. The van der Waals surface area contributed by atoms with E-state index in [4.69, 9.17) is 5.73 Å². The van der Waals surface area contributed by atoms with E-state index in [2.05, 4.69) is 10.3 Å². The third-order valence-corrected chi connectivity index (χ3v) is 7.12. The number of rotatable bonds is 6. The number of primary amides is 1. The number of aromatic nitrogens is 1. The maximum absolute atomic E-state index is 12.9. The Morgan fingerprint density at radius 3 is 2.53 bits per heavy atom. The number of thiophene rings is 1. The Kier molecular flexibility index (Phi) is 6.30. The molecule has 0 aliphatic carbocycles. The second kappa shape index (κ2) is 9.14. The molecule has 4 aromatic rings. The summed E-state index contributed by atoms with van der Waals surface area (Å²) in [6.07, 6.45) is 0. The molecule has 0 fully saturated rings. The van der Waals surface area contributed by atoms with E-state index < -0.39 is 11.2 Å². The van der Waals surface area contributed by atoms with Gasteiger partial charge in [0.05, 0.1) is 21.4 Å². The van der Waals surface area contributed by atoms with E-state index in [1.54, 1.807) is 0 Å². The van der Waals surface area contributed by atoms with Gasteiger partial charge in [-0.25, -0.2) is 4.98 Å². The highest BCUT2D eigenvalue weighted by Gasteiger charge is 2.22. The first-order valence-electron chi connectivity index (χ1n) is 10.2. The van der Waals surface area contributed by atoms with E-state index in [0.717, 1.165) is 38.2 Å². The smallest absolute Gasteiger partial charge is 0.252 e. The first-order chi connectivity index (χ1) is 15.3. The molecule has 2 heterocycles. The van der Waals surface area contributed by atoms with Gasteiger partial charge < -0.3 is 11.1 Å². The van der Waals surface area contributed by atoms with Crippen LogP contribution in [-0.4, -0.2) is 22.0 Å². The van der Waals surface area contributed by atoms with Crippen molar-refractivity contribution >= 4 is 50.8 Å². The SMILES string of the molecule is Cc1ccc(-c2csc(NC(=O)C(C)Sc3cc(C)c4ccccc4n3)c2C(N)=O)cc1. The van der Waals surface area contributed by atoms with Gasteiger partial charge in [-0.3, -0.25) is 9.59 Å². The van der Waals surface area contributed by atoms with Gasteiger partial charge in [-0.1, -0.05) is 59.8 Å². The number of carbonyl (C=O) groups is 2. The lowest BCUT2D eigenvalue weighted by molar-refractivity contribution is -0.115. The molecule has 1 atom stereocenters. The van der Waals surface area contributed by atoms with Gasteiger partial charge in [0.2, 0.25) is 5.91 Å². The molecule has 0 aliphatic heterocycles. The third-order valence-electron chi connectivity index (χ3n) is 5.20. The van der Waals surface area contributed by atoms with E-state index in [9.17, 15) is 9.59 Å². The Morgan fingerprint density at radius 1 is 1.09 bits per heavy atom. The lowest BCUT2D eigenvalue weighted by Crippen LogP contribution is -2.24. The largest absolute Gasteiger partial charge is 0.365 e. The fraction of sp³-hybridized carbons (Fsp3) is 0.160. The van der Waals surface area contributed by atoms with Crippen molar-refractivity contribution in [2.24, 2.45) is 5.73 Å². The molecule has 0 aliphatic rings. The van der Waals surface area contributed by atoms with Crippen LogP contribution in [0.2, 0.25) is 0 Å². The normalized spacial score (nSPS) is 12.0. The van der Waals surface area contributed by atoms with Crippen molar-refractivity contribution in [1.29, 1.82) is 0 Å². The van der Waals surface area contributed by atoms with Gasteiger partial charge in [-0.2, -0.15) is 0 Å². The predicted molar refractivity (Wildman–Crippen MR) is 133 cm³/mol. The highest BCUT2D eigenvalue weighted by molar-refractivity contribution is 8.00. The Balaban J connectivity index is 1.55. The molecular weight excluding hydrogens is 438 g/mol. The zero-order chi connectivity index (χ0) is 22.8. The van der Waals surface area contributed by atoms with Gasteiger partial charge in [0.25, 0.3) is 5.91 Å². The fourth-order valence-corrected chi connectivity index (χ4v) is 5.37. The number of nitrogens with zero attached hydrogens (tertiary/aromatic N) is 1. The molecule has 5 nitrogen and oxygen atoms in total. The number of nitrogens with one attached hydrogen (secondary N) is 1. The molecule has 0 bridgehead atoms. The summed E-state index contributed by atoms with van der Waals surface area (Å²) < 4.78 is 0. The zero-order valence-corrected chi connectivity index (χ0v) is 19.6. The molecule has 2 aromatic carbocycles. The summed E-state index contributed by atoms with van der Waals surface area (Å²) in [5.74, 6) is -0.772. The predicted octanol–water partition coefficient (Wildman–Crippen LogP) is 5.80. The number of hydrogen-bond donors (Lipinski definition) is 2. The summed E-state index contributed by atoms with van der Waals surface area (Å²) in [6.45, 7) is 5.86. The number of pyridine rings is 1. The molecule has 0 radical (unpaired) electrons. The van der Waals surface area contributed by atoms with E-state index in [-0.39, 0.29) is 5.91 Å². The van der Waals surface area contributed by atoms with Crippen LogP contribution in [0.15, 0.2) is 65.0 Å². The van der Waals surface area contributed by atoms with Crippen molar-refractivity contribution in [3.63, 3.8) is 0 Å². The molecule has 7 heteroatoms. The Morgan fingerprint density at radius 2 is 1.81 bits per heavy atom. The molecule has 32 heavy (non-hydrogen) atoms. The van der Waals surface area contributed by atoms with Crippen LogP contribution in [0, 0.1) is 13.8 Å². The van der Waals surface area contributed by atoms with Crippen molar-refractivity contribution in [2.75, 3.05) is 5.32 Å². The molecule has 0 saturated carbocycles. The number of thioether (sulfide) groups is 1. The van der Waals surface area contributed by atoms with Crippen molar-refractivity contribution in [2.45, 2.75) is 31.0 Å². The number of carbonyl (C=O) groups excluding carboxylic acids is 2. The lowest BCUT2D eigenvalue weighted by Gasteiger charge is -2.13. The second-order valence-electron chi connectivity index (χ2n) is 7.63. The van der Waals surface area contributed by atoms with Crippen LogP contribution in [0.1, 0.15) is 28.4 Å². The monoisotopic (exact) mass is 461 g/mol. The standard InChI is InChI=1S/C25H23N3O2S2/c1-14-8-10-17(11-9-14)19-13-31-25(22(19)23(26)29)28-24(30)16(3)32-21-12-15(2)18-6-4-5-7-20(18)27-21/h4-13,16H,1-3H3,(H2,26,29)(H,28,30). The van der Waals surface area contributed by atoms with Crippen LogP contribution in [0.5, 0.6) is 0 Å². The maximum atomic E-state index is 12.9. The molecule has 2 aromatic heterocycles. The Labute approximate surface area is 195 Å². The first-order valence-corrected chi connectivity index (χ1v) is 11.9. The van der Waals surface area contributed by atoms with Crippen molar-refractivity contribution < 1.29 is 9.59 Å². The van der Waals surface area contributed by atoms with Crippen LogP contribution >= 0.6 is 23.1 Å². The average molecular weight is 462 g/mol. The highest BCUT2D eigenvalue weighted by atomic mass is 32.2. The third kappa shape index (κ3) is 4.54. The summed E-state index contributed by atoms with van der Waals surface area (Å²) in [6, 6.07) is 17.8. The molecule has 4 rings (SSSR count). The van der Waals surface area contributed by atoms with E-state index >= 15 is 0 Å². The minimum Gasteiger partial charge on any atom is -0.365 e. The van der Waals surface area contributed by atoms with E-state index in [1.807, 2.05) is 80.7 Å². The number of fused-ring (bicyclic) bond motifs is 1. The van der Waals surface area contributed by atoms with Crippen molar-refractivity contribution in [1.82, 2.24) is 4.98 Å². The van der Waals surface area contributed by atoms with Gasteiger partial charge >= 0.3 is 0 Å². The van der Waals surface area contributed by atoms with Gasteiger partial charge in [0.15, 0.2) is 0 Å². The summed E-state index contributed by atoms with van der Waals surface area (Å²) in [5, 5.41) is 6.69. The van der Waals surface area contributed by atoms with Crippen molar-refractivity contribution in [3.05, 3.63) is 76.7 Å². The van der Waals surface area contributed by atoms with Crippen LogP contribution in [-0.2, 0) is 4.79 Å². The summed E-state index contributed by atoms with van der Waals surface area (Å²) in [4.78, 5) is 29.8. The molecule has 0 saturated heterocycles. The topological polar surface area (TPSA) is 85.1 Å². The number of benzene rings is 2. The van der Waals surface area contributed by atoms with Gasteiger partial charge in [0.1, 0.15) is 5.00 Å². The first kappa shape index (κ1) is 22.0. The quantitative estimate of drug-likeness (QED) is 0.356. The Hall–Kier alpha value is -3.16. The second-order valence-corrected chi connectivity index (χ2v) is 9.87. The molecule has 2 amide bonds. The van der Waals surface area contributed by atoms with Gasteiger partial charge in [-0.15, -0.1) is 11.3 Å². The number of anilines is 1. The maximum Gasteiger partial charge on any atom is 0.252 e. The lowest BCUT2D eigenvalue weighted by atomic mass is 10.0. The minimum atomic E-state index is -0.566. The van der Waals surface area contributed by atoms with E-state index in [0.29, 0.717) is 10.6 Å². The van der Waals surface area contributed by atoms with E-state index in [1.165, 1.54) is 23.1 Å². The number of nitrogens with two attached hydrogens (primary N) is 1. The fourth-order valence-electron chi connectivity index (χ4n) is 3.47. The van der Waals surface area contributed by atoms with Crippen molar-refractivity contribution in [3.8, 4) is 11.1 Å². The summed E-state index contributed by atoms with van der Waals surface area (Å²) in [5.41, 5.74) is 10.8. The number of hydrogen-bond acceptors (Lipinski definition) is 5. The summed E-state index contributed by atoms with van der Waals surface area (Å²) in [7, 11) is 0. The average Bonchev–Trinajstić information content (AvgIpc) is 3.18. The van der Waals surface area contributed by atoms with Gasteiger partial charge in [0, 0.05) is 16.3 Å². The molecule has 1 unspecified atom stereocenters. The molecular formula is C25H23N3O2S2. The summed E-state index contributed by atoms with van der Waals surface area (Å²) >= 11 is 2.69. The molecule has 0 spiro atoms. The number of para-hydroxylation sites is 1. The zero-order valence-electron chi connectivity index (χ0n) is 18.0. The Bertz CT molecular complexity index is 1310.